The van der Waals surface area contributed by atoms with Gasteiger partial charge in [0, 0.05) is 15.9 Å². The van der Waals surface area contributed by atoms with Crippen LogP contribution in [-0.2, 0) is 11.2 Å². The zero-order valence-electron chi connectivity index (χ0n) is 6.28. The molecule has 0 aliphatic heterocycles. The Morgan fingerprint density at radius 3 is 2.54 bits per heavy atom. The van der Waals surface area contributed by atoms with E-state index >= 15 is 0 Å². The highest BCUT2D eigenvalue weighted by Gasteiger charge is 2.11. The molecule has 0 aliphatic rings. The number of hydrogen-bond acceptors (Lipinski definition) is 1. The van der Waals surface area contributed by atoms with Crippen LogP contribution in [0.15, 0.2) is 16.6 Å². The van der Waals surface area contributed by atoms with Crippen LogP contribution in [0.25, 0.3) is 0 Å². The molecule has 5 heteroatoms. The zero-order chi connectivity index (χ0) is 10.0. The molecule has 1 aromatic rings. The lowest BCUT2D eigenvalue weighted by Gasteiger charge is -2.05. The Labute approximate surface area is 99.1 Å². The van der Waals surface area contributed by atoms with Crippen molar-refractivity contribution in [2.24, 2.45) is 0 Å². The number of hydrogen-bond donors (Lipinski definition) is 0. The van der Waals surface area contributed by atoms with E-state index in [0.29, 0.717) is 20.1 Å². The first-order chi connectivity index (χ1) is 6.02. The summed E-state index contributed by atoms with van der Waals surface area (Å²) < 4.78 is 0.700. The van der Waals surface area contributed by atoms with Gasteiger partial charge in [0.05, 0.1) is 5.02 Å². The predicted octanol–water partition coefficient (Wildman–Crippen LogP) is 4.06. The molecule has 0 atom stereocenters. The summed E-state index contributed by atoms with van der Waals surface area (Å²) in [5, 5.41) is 0.394. The Kier molecular flexibility index (Phi) is 4.05. The van der Waals surface area contributed by atoms with Gasteiger partial charge in [-0.15, -0.1) is 0 Å². The number of carbonyl (C=O) groups is 1. The Bertz CT molecular complexity index is 351. The summed E-state index contributed by atoms with van der Waals surface area (Å²) in [7, 11) is 0. The van der Waals surface area contributed by atoms with Crippen molar-refractivity contribution in [2.75, 3.05) is 0 Å². The smallest absolute Gasteiger partial charge is 0.226 e. The van der Waals surface area contributed by atoms with Gasteiger partial charge in [0.15, 0.2) is 0 Å². The van der Waals surface area contributed by atoms with E-state index in [1.807, 2.05) is 0 Å². The van der Waals surface area contributed by atoms with Crippen molar-refractivity contribution in [3.8, 4) is 0 Å². The molecule has 1 nitrogen and oxygen atoms in total. The first-order valence-corrected chi connectivity index (χ1v) is 5.25. The monoisotopic (exact) mass is 300 g/mol. The molecule has 0 N–H and O–H groups in total. The van der Waals surface area contributed by atoms with Gasteiger partial charge in [-0.2, -0.15) is 0 Å². The zero-order valence-corrected chi connectivity index (χ0v) is 10.1. The Balaban J connectivity index is 3.17. The molecule has 0 spiro atoms. The Morgan fingerprint density at radius 1 is 1.38 bits per heavy atom. The van der Waals surface area contributed by atoms with Crippen LogP contribution in [0.2, 0.25) is 10.0 Å². The van der Waals surface area contributed by atoms with Crippen LogP contribution in [0.3, 0.4) is 0 Å². The van der Waals surface area contributed by atoms with Gasteiger partial charge in [-0.3, -0.25) is 4.79 Å². The minimum atomic E-state index is -0.484. The average Bonchev–Trinajstić information content (AvgIpc) is 2.05. The molecule has 0 bridgehead atoms. The van der Waals surface area contributed by atoms with Gasteiger partial charge in [-0.25, -0.2) is 0 Å². The Hall–Kier alpha value is 0.240. The van der Waals surface area contributed by atoms with E-state index in [4.69, 9.17) is 34.8 Å². The number of carbonyl (C=O) groups excluding carboxylic acids is 1. The summed E-state index contributed by atoms with van der Waals surface area (Å²) >= 11 is 20.2. The molecule has 0 radical (unpaired) electrons. The molecular weight excluding hydrogens is 298 g/mol. The summed E-state index contributed by atoms with van der Waals surface area (Å²) in [6.07, 6.45) is 0.0403. The number of rotatable bonds is 2. The lowest BCUT2D eigenvalue weighted by molar-refractivity contribution is -0.111. The largest absolute Gasteiger partial charge is 0.281 e. The fraction of sp³-hybridized carbons (Fsp3) is 0.125. The van der Waals surface area contributed by atoms with Crippen LogP contribution < -0.4 is 0 Å². The summed E-state index contributed by atoms with van der Waals surface area (Å²) in [4.78, 5) is 10.7. The quantitative estimate of drug-likeness (QED) is 0.594. The number of halogens is 4. The fourth-order valence-electron chi connectivity index (χ4n) is 0.870. The lowest BCUT2D eigenvalue weighted by Crippen LogP contribution is -1.96. The van der Waals surface area contributed by atoms with Crippen LogP contribution in [0.4, 0.5) is 0 Å². The first kappa shape index (κ1) is 11.3. The van der Waals surface area contributed by atoms with Crippen molar-refractivity contribution in [1.29, 1.82) is 0 Å². The summed E-state index contributed by atoms with van der Waals surface area (Å²) in [6.45, 7) is 0. The van der Waals surface area contributed by atoms with E-state index in [1.54, 1.807) is 12.1 Å². The minimum Gasteiger partial charge on any atom is -0.281 e. The van der Waals surface area contributed by atoms with Crippen molar-refractivity contribution in [2.45, 2.75) is 6.42 Å². The second kappa shape index (κ2) is 4.65. The molecule has 0 amide bonds. The van der Waals surface area contributed by atoms with Gasteiger partial charge < -0.3 is 0 Å². The maximum absolute atomic E-state index is 10.7. The van der Waals surface area contributed by atoms with Crippen LogP contribution in [0, 0.1) is 0 Å². The third-order valence-corrected chi connectivity index (χ3v) is 3.26. The van der Waals surface area contributed by atoms with Crippen molar-refractivity contribution in [3.63, 3.8) is 0 Å². The van der Waals surface area contributed by atoms with Gasteiger partial charge in [0.25, 0.3) is 0 Å². The molecule has 0 heterocycles. The molecule has 0 aromatic heterocycles. The van der Waals surface area contributed by atoms with Crippen LogP contribution >= 0.6 is 50.7 Å². The van der Waals surface area contributed by atoms with Crippen LogP contribution in [0.1, 0.15) is 5.56 Å². The van der Waals surface area contributed by atoms with Crippen molar-refractivity contribution >= 4 is 56.0 Å². The van der Waals surface area contributed by atoms with Crippen molar-refractivity contribution in [3.05, 3.63) is 32.2 Å². The van der Waals surface area contributed by atoms with Crippen LogP contribution in [0.5, 0.6) is 0 Å². The minimum absolute atomic E-state index is 0.0403. The molecule has 1 aromatic carbocycles. The normalized spacial score (nSPS) is 10.2. The maximum Gasteiger partial charge on any atom is 0.226 e. The molecule has 0 saturated heterocycles. The van der Waals surface area contributed by atoms with E-state index in [-0.39, 0.29) is 6.42 Å². The molecule has 70 valence electrons. The molecule has 0 fully saturated rings. The third-order valence-electron chi connectivity index (χ3n) is 1.45. The van der Waals surface area contributed by atoms with E-state index in [1.165, 1.54) is 0 Å². The third kappa shape index (κ3) is 2.84. The van der Waals surface area contributed by atoms with E-state index in [2.05, 4.69) is 15.9 Å². The van der Waals surface area contributed by atoms with Crippen LogP contribution in [-0.4, -0.2) is 5.24 Å². The van der Waals surface area contributed by atoms with E-state index in [9.17, 15) is 4.79 Å². The standard InChI is InChI=1S/C8H4BrCl3O/c9-5-1-2-6(10)4(8(5)12)3-7(11)13/h1-2H,3H2. The van der Waals surface area contributed by atoms with Gasteiger partial charge >= 0.3 is 0 Å². The fourth-order valence-corrected chi connectivity index (χ4v) is 1.88. The van der Waals surface area contributed by atoms with Gasteiger partial charge in [0.1, 0.15) is 0 Å². The number of benzene rings is 1. The maximum atomic E-state index is 10.7. The van der Waals surface area contributed by atoms with Crippen molar-refractivity contribution < 1.29 is 4.79 Å². The van der Waals surface area contributed by atoms with Gasteiger partial charge in [0.2, 0.25) is 5.24 Å². The molecular formula is C8H4BrCl3O. The highest BCUT2D eigenvalue weighted by molar-refractivity contribution is 9.10. The second-order valence-corrected chi connectivity index (χ2v) is 4.41. The molecule has 0 aliphatic carbocycles. The highest BCUT2D eigenvalue weighted by Crippen LogP contribution is 2.32. The first-order valence-electron chi connectivity index (χ1n) is 3.33. The SMILES string of the molecule is O=C(Cl)Cc1c(Cl)ccc(Br)c1Cl. The molecule has 0 unspecified atom stereocenters. The van der Waals surface area contributed by atoms with E-state index in [0.717, 1.165) is 0 Å². The second-order valence-electron chi connectivity index (χ2n) is 2.35. The lowest BCUT2D eigenvalue weighted by atomic mass is 10.2. The predicted molar refractivity (Wildman–Crippen MR) is 58.7 cm³/mol. The summed E-state index contributed by atoms with van der Waals surface area (Å²) in [5.74, 6) is 0. The molecule has 0 saturated carbocycles. The van der Waals surface area contributed by atoms with Gasteiger partial charge in [-0.05, 0) is 45.2 Å². The topological polar surface area (TPSA) is 17.1 Å². The summed E-state index contributed by atoms with van der Waals surface area (Å²) in [5.41, 5.74) is 0.553. The summed E-state index contributed by atoms with van der Waals surface area (Å²) in [6, 6.07) is 3.37. The molecule has 1 rings (SSSR count). The van der Waals surface area contributed by atoms with Gasteiger partial charge in [-0.1, -0.05) is 23.2 Å². The van der Waals surface area contributed by atoms with E-state index < -0.39 is 5.24 Å². The molecule has 13 heavy (non-hydrogen) atoms. The average molecular weight is 302 g/mol. The Morgan fingerprint density at radius 2 is 2.00 bits per heavy atom. The highest BCUT2D eigenvalue weighted by atomic mass is 79.9. The van der Waals surface area contributed by atoms with Crippen molar-refractivity contribution in [1.82, 2.24) is 0 Å².